The SMILES string of the molecule is COC1CCN(C(=O)CNc2ncnc3cc(OC(F)(F)F)ccc23)C(C)C1. The molecule has 1 aromatic carbocycles. The first-order chi connectivity index (χ1) is 13.3. The molecule has 7 nitrogen and oxygen atoms in total. The minimum atomic E-state index is -4.78. The van der Waals surface area contributed by atoms with Crippen molar-refractivity contribution in [3.05, 3.63) is 24.5 Å². The minimum absolute atomic E-state index is 0.0227. The van der Waals surface area contributed by atoms with Gasteiger partial charge in [-0.15, -0.1) is 13.2 Å². The molecule has 1 aliphatic rings. The van der Waals surface area contributed by atoms with E-state index in [9.17, 15) is 18.0 Å². The van der Waals surface area contributed by atoms with Crippen LogP contribution in [0.4, 0.5) is 19.0 Å². The highest BCUT2D eigenvalue weighted by atomic mass is 19.4. The zero-order valence-corrected chi connectivity index (χ0v) is 15.5. The van der Waals surface area contributed by atoms with Crippen molar-refractivity contribution in [2.75, 3.05) is 25.5 Å². The van der Waals surface area contributed by atoms with Gasteiger partial charge in [-0.25, -0.2) is 9.97 Å². The van der Waals surface area contributed by atoms with Crippen molar-refractivity contribution < 1.29 is 27.4 Å². The summed E-state index contributed by atoms with van der Waals surface area (Å²) in [7, 11) is 1.67. The molecule has 2 heterocycles. The lowest BCUT2D eigenvalue weighted by atomic mass is 10.0. The number of benzene rings is 1. The smallest absolute Gasteiger partial charge is 0.406 e. The number of likely N-dealkylation sites (tertiary alicyclic amines) is 1. The lowest BCUT2D eigenvalue weighted by Crippen LogP contribution is -2.48. The second-order valence-corrected chi connectivity index (χ2v) is 6.62. The van der Waals surface area contributed by atoms with Crippen molar-refractivity contribution in [1.29, 1.82) is 0 Å². The van der Waals surface area contributed by atoms with Gasteiger partial charge in [0.25, 0.3) is 0 Å². The molecule has 2 unspecified atom stereocenters. The van der Waals surface area contributed by atoms with Gasteiger partial charge in [0.2, 0.25) is 5.91 Å². The zero-order valence-electron chi connectivity index (χ0n) is 15.5. The molecule has 0 spiro atoms. The summed E-state index contributed by atoms with van der Waals surface area (Å²) in [6.07, 6.45) is -1.84. The number of hydrogen-bond donors (Lipinski definition) is 1. The zero-order chi connectivity index (χ0) is 20.3. The van der Waals surface area contributed by atoms with Gasteiger partial charge in [-0.05, 0) is 31.9 Å². The molecule has 1 fully saturated rings. The second-order valence-electron chi connectivity index (χ2n) is 6.62. The fourth-order valence-corrected chi connectivity index (χ4v) is 3.35. The summed E-state index contributed by atoms with van der Waals surface area (Å²) in [5.41, 5.74) is 0.279. The number of nitrogens with zero attached hydrogens (tertiary/aromatic N) is 3. The minimum Gasteiger partial charge on any atom is -0.406 e. The van der Waals surface area contributed by atoms with Crippen LogP contribution in [-0.4, -0.2) is 59.5 Å². The fourth-order valence-electron chi connectivity index (χ4n) is 3.35. The third-order valence-electron chi connectivity index (χ3n) is 4.73. The monoisotopic (exact) mass is 398 g/mol. The maximum Gasteiger partial charge on any atom is 0.573 e. The van der Waals surface area contributed by atoms with Crippen molar-refractivity contribution in [1.82, 2.24) is 14.9 Å². The van der Waals surface area contributed by atoms with Crippen LogP contribution in [0.1, 0.15) is 19.8 Å². The van der Waals surface area contributed by atoms with Gasteiger partial charge in [0.05, 0.1) is 18.2 Å². The number of anilines is 1. The van der Waals surface area contributed by atoms with Gasteiger partial charge in [-0.3, -0.25) is 4.79 Å². The summed E-state index contributed by atoms with van der Waals surface area (Å²) in [5.74, 6) is -0.0715. The van der Waals surface area contributed by atoms with Gasteiger partial charge in [0, 0.05) is 31.1 Å². The molecule has 1 N–H and O–H groups in total. The van der Waals surface area contributed by atoms with Crippen LogP contribution in [-0.2, 0) is 9.53 Å². The summed E-state index contributed by atoms with van der Waals surface area (Å²) < 4.78 is 46.4. The van der Waals surface area contributed by atoms with Crippen molar-refractivity contribution >= 4 is 22.6 Å². The molecule has 2 aromatic rings. The van der Waals surface area contributed by atoms with E-state index in [1.807, 2.05) is 6.92 Å². The Morgan fingerprint density at radius 2 is 2.14 bits per heavy atom. The predicted molar refractivity (Wildman–Crippen MR) is 95.9 cm³/mol. The van der Waals surface area contributed by atoms with E-state index in [4.69, 9.17) is 4.74 Å². The van der Waals surface area contributed by atoms with Gasteiger partial charge in [-0.1, -0.05) is 0 Å². The Kier molecular flexibility index (Phi) is 5.87. The van der Waals surface area contributed by atoms with Crippen molar-refractivity contribution in [3.63, 3.8) is 0 Å². The number of ether oxygens (including phenoxy) is 2. The quantitative estimate of drug-likeness (QED) is 0.835. The molecule has 1 saturated heterocycles. The summed E-state index contributed by atoms with van der Waals surface area (Å²) in [4.78, 5) is 22.4. The lowest BCUT2D eigenvalue weighted by Gasteiger charge is -2.37. The van der Waals surface area contributed by atoms with Gasteiger partial charge in [0.1, 0.15) is 17.9 Å². The molecule has 0 aliphatic carbocycles. The Labute approximate surface area is 159 Å². The van der Waals surface area contributed by atoms with E-state index in [0.717, 1.165) is 12.8 Å². The van der Waals surface area contributed by atoms with E-state index < -0.39 is 6.36 Å². The summed E-state index contributed by atoms with van der Waals surface area (Å²) in [6.45, 7) is 2.61. The Morgan fingerprint density at radius 3 is 2.82 bits per heavy atom. The normalized spacial score (nSPS) is 20.2. The largest absolute Gasteiger partial charge is 0.573 e. The average molecular weight is 398 g/mol. The lowest BCUT2D eigenvalue weighted by molar-refractivity contribution is -0.274. The van der Waals surface area contributed by atoms with Crippen LogP contribution in [0.25, 0.3) is 10.9 Å². The highest BCUT2D eigenvalue weighted by molar-refractivity contribution is 5.91. The van der Waals surface area contributed by atoms with Crippen molar-refractivity contribution in [3.8, 4) is 5.75 Å². The van der Waals surface area contributed by atoms with Crippen LogP contribution >= 0.6 is 0 Å². The van der Waals surface area contributed by atoms with E-state index in [2.05, 4.69) is 20.0 Å². The van der Waals surface area contributed by atoms with Crippen molar-refractivity contribution in [2.24, 2.45) is 0 Å². The number of hydrogen-bond acceptors (Lipinski definition) is 6. The maximum atomic E-state index is 12.6. The van der Waals surface area contributed by atoms with Gasteiger partial charge in [0.15, 0.2) is 0 Å². The molecule has 0 saturated carbocycles. The number of aromatic nitrogens is 2. The number of nitrogens with one attached hydrogen (secondary N) is 1. The van der Waals surface area contributed by atoms with E-state index in [1.165, 1.54) is 24.5 Å². The number of rotatable bonds is 5. The summed E-state index contributed by atoms with van der Waals surface area (Å²) in [6, 6.07) is 3.85. The van der Waals surface area contributed by atoms with E-state index in [1.54, 1.807) is 12.0 Å². The van der Waals surface area contributed by atoms with Gasteiger partial charge in [-0.2, -0.15) is 0 Å². The first-order valence-corrected chi connectivity index (χ1v) is 8.83. The molecule has 1 amide bonds. The van der Waals surface area contributed by atoms with E-state index in [0.29, 0.717) is 17.7 Å². The number of piperidine rings is 1. The van der Waals surface area contributed by atoms with Gasteiger partial charge < -0.3 is 19.7 Å². The average Bonchev–Trinajstić information content (AvgIpc) is 2.64. The maximum absolute atomic E-state index is 12.6. The molecule has 0 radical (unpaired) electrons. The molecular weight excluding hydrogens is 377 g/mol. The number of amides is 1. The third kappa shape index (κ3) is 4.80. The molecule has 1 aromatic heterocycles. The van der Waals surface area contributed by atoms with Crippen LogP contribution in [0.3, 0.4) is 0 Å². The van der Waals surface area contributed by atoms with E-state index in [-0.39, 0.29) is 35.9 Å². The molecule has 0 bridgehead atoms. The number of fused-ring (bicyclic) bond motifs is 1. The molecule has 152 valence electrons. The summed E-state index contributed by atoms with van der Waals surface area (Å²) >= 11 is 0. The van der Waals surface area contributed by atoms with Crippen LogP contribution in [0, 0.1) is 0 Å². The predicted octanol–water partition coefficient (Wildman–Crippen LogP) is 2.97. The molecule has 28 heavy (non-hydrogen) atoms. The van der Waals surface area contributed by atoms with Crippen LogP contribution in [0.2, 0.25) is 0 Å². The van der Waals surface area contributed by atoms with Crippen LogP contribution < -0.4 is 10.1 Å². The van der Waals surface area contributed by atoms with E-state index >= 15 is 0 Å². The number of methoxy groups -OCH3 is 1. The molecule has 3 rings (SSSR count). The standard InChI is InChI=1S/C18H21F3N4O3/c1-11-7-12(27-2)5-6-25(11)16(26)9-22-17-14-4-3-13(28-18(19,20)21)8-15(14)23-10-24-17/h3-4,8,10-12H,5-7,9H2,1-2H3,(H,22,23,24). The van der Waals surface area contributed by atoms with Crippen LogP contribution in [0.15, 0.2) is 24.5 Å². The Bertz CT molecular complexity index is 846. The number of halogens is 3. The number of carbonyl (C=O) groups excluding carboxylic acids is 1. The molecule has 2 atom stereocenters. The highest BCUT2D eigenvalue weighted by Gasteiger charge is 2.31. The molecular formula is C18H21F3N4O3. The Balaban J connectivity index is 1.68. The third-order valence-corrected chi connectivity index (χ3v) is 4.73. The fraction of sp³-hybridized carbons (Fsp3) is 0.500. The van der Waals surface area contributed by atoms with Crippen LogP contribution in [0.5, 0.6) is 5.75 Å². The molecule has 1 aliphatic heterocycles. The topological polar surface area (TPSA) is 76.6 Å². The highest BCUT2D eigenvalue weighted by Crippen LogP contribution is 2.28. The van der Waals surface area contributed by atoms with Gasteiger partial charge >= 0.3 is 6.36 Å². The molecule has 10 heteroatoms. The number of alkyl halides is 3. The second kappa shape index (κ2) is 8.17. The number of carbonyl (C=O) groups is 1. The summed E-state index contributed by atoms with van der Waals surface area (Å²) in [5, 5.41) is 3.46. The van der Waals surface area contributed by atoms with Crippen molar-refractivity contribution in [2.45, 2.75) is 38.3 Å². The first kappa shape index (κ1) is 20.1. The Morgan fingerprint density at radius 1 is 1.36 bits per heavy atom. The Hall–Kier alpha value is -2.62. The first-order valence-electron chi connectivity index (χ1n) is 8.83.